The molecule has 4 rings (SSSR count). The number of benzene rings is 2. The summed E-state index contributed by atoms with van der Waals surface area (Å²) in [6, 6.07) is 9.89. The summed E-state index contributed by atoms with van der Waals surface area (Å²) in [6.07, 6.45) is 4.02. The number of aromatic nitrogens is 1. The maximum Gasteiger partial charge on any atom is 0.256 e. The molecule has 0 radical (unpaired) electrons. The van der Waals surface area contributed by atoms with Crippen molar-refractivity contribution in [1.29, 1.82) is 5.41 Å². The molecule has 0 bridgehead atoms. The molecule has 0 aliphatic carbocycles. The van der Waals surface area contributed by atoms with Gasteiger partial charge in [-0.05, 0) is 51.0 Å². The first kappa shape index (κ1) is 20.7. The Hall–Kier alpha value is -3.55. The number of hydrogen-bond acceptors (Lipinski definition) is 6. The number of hydrazone groups is 1. The van der Waals surface area contributed by atoms with Crippen molar-refractivity contribution in [1.82, 2.24) is 9.88 Å². The number of oxazole rings is 1. The van der Waals surface area contributed by atoms with Gasteiger partial charge in [0.15, 0.2) is 11.5 Å². The van der Waals surface area contributed by atoms with E-state index in [2.05, 4.69) is 15.5 Å². The second kappa shape index (κ2) is 8.67. The van der Waals surface area contributed by atoms with Gasteiger partial charge in [-0.15, -0.1) is 0 Å². The predicted octanol–water partition coefficient (Wildman–Crippen LogP) is 4.73. The van der Waals surface area contributed by atoms with Crippen LogP contribution in [0.25, 0.3) is 11.1 Å². The number of fused-ring (bicyclic) bond motifs is 1. The highest BCUT2D eigenvalue weighted by molar-refractivity contribution is 6.14. The number of halogens is 1. The largest absolute Gasteiger partial charge is 0.440 e. The number of nitrogens with one attached hydrogen (secondary N) is 2. The molecule has 3 aromatic rings. The van der Waals surface area contributed by atoms with Crippen molar-refractivity contribution in [3.8, 4) is 0 Å². The molecule has 1 aromatic heterocycles. The lowest BCUT2D eigenvalue weighted by atomic mass is 9.92. The van der Waals surface area contributed by atoms with E-state index in [4.69, 9.17) is 9.83 Å². The van der Waals surface area contributed by atoms with Gasteiger partial charge >= 0.3 is 0 Å². The summed E-state index contributed by atoms with van der Waals surface area (Å²) in [5, 5.41) is 11.0. The molecule has 160 valence electrons. The van der Waals surface area contributed by atoms with Crippen LogP contribution < -0.4 is 5.43 Å². The Kier molecular flexibility index (Phi) is 5.79. The molecule has 0 saturated carbocycles. The van der Waals surface area contributed by atoms with Gasteiger partial charge < -0.3 is 14.7 Å². The van der Waals surface area contributed by atoms with Crippen LogP contribution in [-0.2, 0) is 0 Å². The zero-order valence-corrected chi connectivity index (χ0v) is 17.4. The quantitative estimate of drug-likeness (QED) is 0.460. The van der Waals surface area contributed by atoms with E-state index in [1.807, 2.05) is 36.9 Å². The molecule has 2 heterocycles. The van der Waals surface area contributed by atoms with Crippen LogP contribution >= 0.6 is 0 Å². The van der Waals surface area contributed by atoms with Crippen molar-refractivity contribution in [2.24, 2.45) is 5.10 Å². The van der Waals surface area contributed by atoms with Crippen molar-refractivity contribution >= 4 is 35.1 Å². The summed E-state index contributed by atoms with van der Waals surface area (Å²) in [7, 11) is 0. The summed E-state index contributed by atoms with van der Waals surface area (Å²) >= 11 is 0. The minimum Gasteiger partial charge on any atom is -0.440 e. The first-order valence-corrected chi connectivity index (χ1v) is 10.2. The smallest absolute Gasteiger partial charge is 0.256 e. The molecule has 1 aliphatic heterocycles. The lowest BCUT2D eigenvalue weighted by Gasteiger charge is -2.37. The fraction of sp³-hybridized carbons (Fsp3) is 0.304. The van der Waals surface area contributed by atoms with Gasteiger partial charge in [-0.2, -0.15) is 5.10 Å². The SMILES string of the molecule is Cc1ccc(N/N=C\C=N)c(C(=O)N2CC(c3nc4cc(F)ccc4o3)CC[C@H]2C)c1. The third-order valence-electron chi connectivity index (χ3n) is 5.60. The Morgan fingerprint density at radius 2 is 2.16 bits per heavy atom. The minimum absolute atomic E-state index is 0.0593. The molecule has 2 atom stereocenters. The Morgan fingerprint density at radius 3 is 2.97 bits per heavy atom. The van der Waals surface area contributed by atoms with Crippen molar-refractivity contribution in [2.75, 3.05) is 12.0 Å². The summed E-state index contributed by atoms with van der Waals surface area (Å²) in [6.45, 7) is 4.43. The van der Waals surface area contributed by atoms with E-state index >= 15 is 0 Å². The number of nitrogens with zero attached hydrogens (tertiary/aromatic N) is 3. The second-order valence-corrected chi connectivity index (χ2v) is 7.85. The van der Waals surface area contributed by atoms with Crippen molar-refractivity contribution in [3.63, 3.8) is 0 Å². The fourth-order valence-corrected chi connectivity index (χ4v) is 3.92. The Labute approximate surface area is 179 Å². The van der Waals surface area contributed by atoms with Gasteiger partial charge in [-0.1, -0.05) is 11.6 Å². The van der Waals surface area contributed by atoms with E-state index in [-0.39, 0.29) is 23.7 Å². The molecular formula is C23H24FN5O2. The van der Waals surface area contributed by atoms with Gasteiger partial charge in [-0.3, -0.25) is 10.2 Å². The predicted molar refractivity (Wildman–Crippen MR) is 119 cm³/mol. The molecular weight excluding hydrogens is 397 g/mol. The average molecular weight is 421 g/mol. The van der Waals surface area contributed by atoms with Gasteiger partial charge in [-0.25, -0.2) is 9.37 Å². The maximum atomic E-state index is 13.5. The third kappa shape index (κ3) is 4.33. The maximum absolute atomic E-state index is 13.5. The van der Waals surface area contributed by atoms with E-state index in [0.717, 1.165) is 24.6 Å². The number of aryl methyl sites for hydroxylation is 1. The molecule has 1 aliphatic rings. The van der Waals surface area contributed by atoms with Gasteiger partial charge in [0.1, 0.15) is 11.3 Å². The standard InChI is InChI=1S/C23H24FN5O2/c1-14-3-7-19(28-26-10-9-25)18(11-14)23(30)29-13-16(5-4-15(29)2)22-27-20-12-17(24)6-8-21(20)31-22/h3,6-12,15-16,25,28H,4-5,13H2,1-2H3/b25-9?,26-10-/t15-,16?/m1/s1. The molecule has 1 saturated heterocycles. The molecule has 8 heteroatoms. The highest BCUT2D eigenvalue weighted by Gasteiger charge is 2.33. The molecule has 2 N–H and O–H groups in total. The number of carbonyl (C=O) groups excluding carboxylic acids is 1. The van der Waals surface area contributed by atoms with Crippen LogP contribution in [0, 0.1) is 18.2 Å². The molecule has 7 nitrogen and oxygen atoms in total. The monoisotopic (exact) mass is 421 g/mol. The highest BCUT2D eigenvalue weighted by atomic mass is 19.1. The molecule has 1 amide bonds. The normalized spacial score (nSPS) is 19.1. The minimum atomic E-state index is -0.355. The van der Waals surface area contributed by atoms with Crippen LogP contribution in [0.5, 0.6) is 0 Å². The van der Waals surface area contributed by atoms with E-state index in [1.54, 1.807) is 6.07 Å². The lowest BCUT2D eigenvalue weighted by molar-refractivity contribution is 0.0599. The molecule has 1 fully saturated rings. The van der Waals surface area contributed by atoms with E-state index in [9.17, 15) is 9.18 Å². The summed E-state index contributed by atoms with van der Waals surface area (Å²) in [5.74, 6) is 0.0124. The highest BCUT2D eigenvalue weighted by Crippen LogP contribution is 2.33. The van der Waals surface area contributed by atoms with Crippen LogP contribution in [0.3, 0.4) is 0 Å². The Bertz CT molecular complexity index is 1160. The summed E-state index contributed by atoms with van der Waals surface area (Å²) < 4.78 is 19.4. The number of likely N-dealkylation sites (tertiary alicyclic amines) is 1. The first-order chi connectivity index (χ1) is 15.0. The van der Waals surface area contributed by atoms with E-state index < -0.39 is 0 Å². The number of hydrogen-bond donors (Lipinski definition) is 2. The number of carbonyl (C=O) groups is 1. The number of amides is 1. The molecule has 1 unspecified atom stereocenters. The van der Waals surface area contributed by atoms with Crippen molar-refractivity contribution in [2.45, 2.75) is 38.6 Å². The van der Waals surface area contributed by atoms with Gasteiger partial charge in [0.25, 0.3) is 5.91 Å². The van der Waals surface area contributed by atoms with Gasteiger partial charge in [0, 0.05) is 24.9 Å². The summed E-state index contributed by atoms with van der Waals surface area (Å²) in [5.41, 5.74) is 5.95. The van der Waals surface area contributed by atoms with E-state index in [1.165, 1.54) is 18.3 Å². The average Bonchev–Trinajstić information content (AvgIpc) is 3.18. The fourth-order valence-electron chi connectivity index (χ4n) is 3.92. The Morgan fingerprint density at radius 1 is 1.32 bits per heavy atom. The van der Waals surface area contributed by atoms with Crippen LogP contribution in [0.2, 0.25) is 0 Å². The zero-order valence-electron chi connectivity index (χ0n) is 17.4. The Balaban J connectivity index is 1.61. The van der Waals surface area contributed by atoms with Gasteiger partial charge in [0.2, 0.25) is 0 Å². The van der Waals surface area contributed by atoms with Crippen LogP contribution in [-0.4, -0.2) is 40.8 Å². The zero-order chi connectivity index (χ0) is 22.0. The third-order valence-corrected chi connectivity index (χ3v) is 5.60. The number of anilines is 1. The molecule has 31 heavy (non-hydrogen) atoms. The number of piperidine rings is 1. The summed E-state index contributed by atoms with van der Waals surface area (Å²) in [4.78, 5) is 19.8. The topological polar surface area (TPSA) is 94.6 Å². The molecule has 0 spiro atoms. The first-order valence-electron chi connectivity index (χ1n) is 10.2. The second-order valence-electron chi connectivity index (χ2n) is 7.85. The lowest BCUT2D eigenvalue weighted by Crippen LogP contribution is -2.45. The van der Waals surface area contributed by atoms with Crippen molar-refractivity contribution in [3.05, 3.63) is 59.2 Å². The van der Waals surface area contributed by atoms with Crippen molar-refractivity contribution < 1.29 is 13.6 Å². The van der Waals surface area contributed by atoms with Gasteiger partial charge in [0.05, 0.1) is 23.4 Å². The van der Waals surface area contributed by atoms with Crippen LogP contribution in [0.1, 0.15) is 47.5 Å². The van der Waals surface area contributed by atoms with Crippen LogP contribution in [0.15, 0.2) is 45.9 Å². The molecule has 2 aromatic carbocycles. The number of rotatable bonds is 5. The van der Waals surface area contributed by atoms with E-state index in [0.29, 0.717) is 34.8 Å². The van der Waals surface area contributed by atoms with Crippen LogP contribution in [0.4, 0.5) is 10.1 Å².